The van der Waals surface area contributed by atoms with Gasteiger partial charge in [0.05, 0.1) is 0 Å². The van der Waals surface area contributed by atoms with Crippen LogP contribution in [0.4, 0.5) is 4.39 Å². The number of Topliss-reactive ketones (excluding diaryl/α,β-unsaturated/α-hetero) is 1. The number of rotatable bonds is 4. The molecule has 0 aliphatic rings. The summed E-state index contributed by atoms with van der Waals surface area (Å²) in [4.78, 5) is 35.7. The molecule has 1 unspecified atom stereocenters. The van der Waals surface area contributed by atoms with Crippen LogP contribution in [0.5, 0.6) is 5.06 Å². The Morgan fingerprint density at radius 3 is 2.46 bits per heavy atom. The van der Waals surface area contributed by atoms with Crippen LogP contribution in [0.15, 0.2) is 47.3 Å². The highest BCUT2D eigenvalue weighted by Gasteiger charge is 2.29. The van der Waals surface area contributed by atoms with Crippen molar-refractivity contribution < 1.29 is 24.2 Å². The molecule has 1 atom stereocenters. The second-order valence-corrected chi connectivity index (χ2v) is 6.54. The molecule has 6 nitrogen and oxygen atoms in total. The van der Waals surface area contributed by atoms with Gasteiger partial charge in [-0.15, -0.1) is 0 Å². The number of aromatic hydroxyl groups is 1. The topological polar surface area (TPSA) is 118 Å². The number of fused-ring (bicyclic) bond motifs is 1. The Hall–Kier alpha value is -3.10. The van der Waals surface area contributed by atoms with Crippen molar-refractivity contribution in [1.82, 2.24) is 0 Å². The van der Waals surface area contributed by atoms with E-state index in [-0.39, 0.29) is 5.39 Å². The molecule has 0 radical (unpaired) electrons. The second-order valence-electron chi connectivity index (χ2n) is 5.51. The van der Waals surface area contributed by atoms with Crippen LogP contribution < -0.4 is 11.2 Å². The van der Waals surface area contributed by atoms with Gasteiger partial charge in [-0.3, -0.25) is 14.4 Å². The zero-order valence-corrected chi connectivity index (χ0v) is 13.9. The quantitative estimate of drug-likeness (QED) is 0.477. The van der Waals surface area contributed by atoms with Crippen molar-refractivity contribution in [2.75, 3.05) is 0 Å². The molecule has 0 bridgehead atoms. The molecule has 1 heterocycles. The molecule has 0 spiro atoms. The Balaban J connectivity index is 2.22. The average molecular weight is 373 g/mol. The summed E-state index contributed by atoms with van der Waals surface area (Å²) in [7, 11) is 0. The number of carboxylic acid groups (broad SMARTS) is 1. The third-order valence-corrected chi connectivity index (χ3v) is 4.80. The highest BCUT2D eigenvalue weighted by atomic mass is 32.1. The first kappa shape index (κ1) is 17.7. The van der Waals surface area contributed by atoms with Gasteiger partial charge in [0.2, 0.25) is 5.43 Å². The number of ketones is 1. The fraction of sp³-hybridized carbons (Fsp3) is 0.0556. The largest absolute Gasteiger partial charge is 0.499 e. The molecular formula is C18H12FNO5S. The van der Waals surface area contributed by atoms with Crippen molar-refractivity contribution in [1.29, 1.82) is 0 Å². The van der Waals surface area contributed by atoms with Gasteiger partial charge in [-0.2, -0.15) is 0 Å². The van der Waals surface area contributed by atoms with E-state index in [1.807, 2.05) is 0 Å². The van der Waals surface area contributed by atoms with Crippen LogP contribution in [0.25, 0.3) is 21.2 Å². The Labute approximate surface area is 149 Å². The van der Waals surface area contributed by atoms with E-state index < -0.39 is 39.7 Å². The minimum Gasteiger partial charge on any atom is -0.499 e. The van der Waals surface area contributed by atoms with Gasteiger partial charge in [0.1, 0.15) is 11.4 Å². The van der Waals surface area contributed by atoms with E-state index in [0.29, 0.717) is 15.8 Å². The lowest BCUT2D eigenvalue weighted by atomic mass is 10.0. The van der Waals surface area contributed by atoms with Crippen LogP contribution in [0.1, 0.15) is 10.4 Å². The zero-order valence-electron chi connectivity index (χ0n) is 13.1. The normalized spacial score (nSPS) is 12.1. The second kappa shape index (κ2) is 6.66. The van der Waals surface area contributed by atoms with Crippen molar-refractivity contribution >= 4 is 33.2 Å². The van der Waals surface area contributed by atoms with Crippen molar-refractivity contribution in [3.63, 3.8) is 0 Å². The third-order valence-electron chi connectivity index (χ3n) is 3.82. The molecule has 8 heteroatoms. The zero-order chi connectivity index (χ0) is 19.0. The number of carboxylic acids is 1. The summed E-state index contributed by atoms with van der Waals surface area (Å²) in [5.41, 5.74) is 4.86. The van der Waals surface area contributed by atoms with Crippen LogP contribution in [0, 0.1) is 5.82 Å². The molecule has 3 aromatic rings. The Bertz CT molecular complexity index is 1110. The lowest BCUT2D eigenvalue weighted by Gasteiger charge is -2.09. The van der Waals surface area contributed by atoms with Gasteiger partial charge < -0.3 is 15.9 Å². The van der Waals surface area contributed by atoms with E-state index in [9.17, 15) is 23.9 Å². The lowest BCUT2D eigenvalue weighted by Crippen LogP contribution is -2.40. The van der Waals surface area contributed by atoms with Gasteiger partial charge in [0, 0.05) is 10.1 Å². The molecule has 0 saturated carbocycles. The summed E-state index contributed by atoms with van der Waals surface area (Å²) in [6, 6.07) is 8.48. The maximum atomic E-state index is 13.4. The number of nitrogens with two attached hydrogens (primary N) is 1. The first-order valence-corrected chi connectivity index (χ1v) is 8.19. The van der Waals surface area contributed by atoms with Crippen LogP contribution in [-0.4, -0.2) is 28.0 Å². The molecule has 0 saturated heterocycles. The van der Waals surface area contributed by atoms with E-state index in [1.54, 1.807) is 18.2 Å². The number of halogens is 1. The van der Waals surface area contributed by atoms with E-state index >= 15 is 0 Å². The molecule has 0 fully saturated rings. The fourth-order valence-corrected chi connectivity index (χ4v) is 3.42. The Morgan fingerprint density at radius 2 is 1.81 bits per heavy atom. The number of carbonyl (C=O) groups is 2. The van der Waals surface area contributed by atoms with Crippen molar-refractivity contribution in [3.05, 3.63) is 64.1 Å². The van der Waals surface area contributed by atoms with E-state index in [2.05, 4.69) is 0 Å². The van der Waals surface area contributed by atoms with Crippen molar-refractivity contribution in [3.8, 4) is 16.2 Å². The standard InChI is InChI=1S/C18H12FNO5S/c19-10-3-1-2-8(6-10)9-4-5-12-11(7-9)15(21)13(18(25)26-12)16(22)14(20)17(23)24/h1-7,14,25H,20H2,(H,23,24). The molecule has 0 aliphatic carbocycles. The number of hydrogen-bond acceptors (Lipinski definition) is 6. The first-order valence-electron chi connectivity index (χ1n) is 7.38. The maximum absolute atomic E-state index is 13.4. The third kappa shape index (κ3) is 3.07. The monoisotopic (exact) mass is 373 g/mol. The fourth-order valence-electron chi connectivity index (χ4n) is 2.52. The van der Waals surface area contributed by atoms with E-state index in [0.717, 1.165) is 11.3 Å². The molecule has 132 valence electrons. The summed E-state index contributed by atoms with van der Waals surface area (Å²) in [6.07, 6.45) is 0. The summed E-state index contributed by atoms with van der Waals surface area (Å²) in [6.45, 7) is 0. The first-order chi connectivity index (χ1) is 12.3. The SMILES string of the molecule is NC(C(=O)O)C(=O)c1c(O)sc2ccc(-c3cccc(F)c3)cc2c1=O. The molecule has 2 aromatic carbocycles. The molecule has 26 heavy (non-hydrogen) atoms. The van der Waals surface area contributed by atoms with Crippen molar-refractivity contribution in [2.45, 2.75) is 6.04 Å². The molecule has 4 N–H and O–H groups in total. The Kier molecular flexibility index (Phi) is 4.54. The van der Waals surface area contributed by atoms with Crippen LogP contribution in [0.3, 0.4) is 0 Å². The van der Waals surface area contributed by atoms with Gasteiger partial charge >= 0.3 is 5.97 Å². The molecule has 3 rings (SSSR count). The van der Waals surface area contributed by atoms with E-state index in [4.69, 9.17) is 10.8 Å². The van der Waals surface area contributed by atoms with Crippen LogP contribution in [-0.2, 0) is 4.79 Å². The van der Waals surface area contributed by atoms with E-state index in [1.165, 1.54) is 24.3 Å². The van der Waals surface area contributed by atoms with Gasteiger partial charge in [-0.25, -0.2) is 4.39 Å². The number of hydrogen-bond donors (Lipinski definition) is 3. The predicted octanol–water partition coefficient (Wildman–Crippen LogP) is 2.37. The van der Waals surface area contributed by atoms with Gasteiger partial charge in [-0.1, -0.05) is 29.5 Å². The highest BCUT2D eigenvalue weighted by molar-refractivity contribution is 7.20. The summed E-state index contributed by atoms with van der Waals surface area (Å²) in [5, 5.41) is 18.4. The molecule has 1 aromatic heterocycles. The molecular weight excluding hydrogens is 361 g/mol. The minimum absolute atomic E-state index is 0.107. The lowest BCUT2D eigenvalue weighted by molar-refractivity contribution is -0.137. The smallest absolute Gasteiger partial charge is 0.328 e. The highest BCUT2D eigenvalue weighted by Crippen LogP contribution is 2.31. The number of aliphatic carboxylic acids is 1. The van der Waals surface area contributed by atoms with Gasteiger partial charge in [0.15, 0.2) is 16.9 Å². The van der Waals surface area contributed by atoms with Crippen molar-refractivity contribution in [2.24, 2.45) is 5.73 Å². The molecule has 0 aliphatic heterocycles. The minimum atomic E-state index is -1.95. The average Bonchev–Trinajstić information content (AvgIpc) is 2.60. The number of carbonyl (C=O) groups excluding carboxylic acids is 1. The predicted molar refractivity (Wildman–Crippen MR) is 95.1 cm³/mol. The summed E-state index contributed by atoms with van der Waals surface area (Å²) >= 11 is 0.759. The molecule has 0 amide bonds. The number of benzene rings is 2. The maximum Gasteiger partial charge on any atom is 0.328 e. The van der Waals surface area contributed by atoms with Gasteiger partial charge in [0.25, 0.3) is 0 Å². The summed E-state index contributed by atoms with van der Waals surface area (Å²) in [5.74, 6) is -3.22. The summed E-state index contributed by atoms with van der Waals surface area (Å²) < 4.78 is 13.8. The Morgan fingerprint density at radius 1 is 1.12 bits per heavy atom. The van der Waals surface area contributed by atoms with Crippen LogP contribution in [0.2, 0.25) is 0 Å². The van der Waals surface area contributed by atoms with Gasteiger partial charge in [-0.05, 0) is 35.4 Å². The van der Waals surface area contributed by atoms with Crippen LogP contribution >= 0.6 is 11.3 Å².